The molecule has 2 aromatic carbocycles. The molecule has 2 amide bonds. The molecule has 0 spiro atoms. The SMILES string of the molecule is Cc1ccc(-c2ccc(CCC(=O)O)n2NC(=O)C[C@@H]2Oc3ccccc3NC2=O)cc1. The molecule has 0 bridgehead atoms. The van der Waals surface area contributed by atoms with Crippen molar-refractivity contribution in [3.05, 3.63) is 71.9 Å². The van der Waals surface area contributed by atoms with Gasteiger partial charge in [0.1, 0.15) is 5.75 Å². The Kier molecular flexibility index (Phi) is 5.93. The Labute approximate surface area is 184 Å². The number of anilines is 1. The van der Waals surface area contributed by atoms with Crippen molar-refractivity contribution in [1.29, 1.82) is 0 Å². The molecule has 1 aliphatic rings. The first-order chi connectivity index (χ1) is 15.4. The third-order valence-corrected chi connectivity index (χ3v) is 5.22. The summed E-state index contributed by atoms with van der Waals surface area (Å²) in [5.74, 6) is -1.23. The van der Waals surface area contributed by atoms with Gasteiger partial charge in [0.15, 0.2) is 6.10 Å². The summed E-state index contributed by atoms with van der Waals surface area (Å²) in [7, 11) is 0. The predicted octanol–water partition coefficient (Wildman–Crippen LogP) is 3.34. The summed E-state index contributed by atoms with van der Waals surface area (Å²) < 4.78 is 7.30. The number of carboxylic acid groups (broad SMARTS) is 1. The fraction of sp³-hybridized carbons (Fsp3) is 0.208. The standard InChI is InChI=1S/C24H23N3O5/c1-15-6-8-16(9-7-15)19-12-10-17(11-13-23(29)30)27(19)26-22(28)14-21-24(31)25-18-4-2-3-5-20(18)32-21/h2-10,12,21H,11,13-14H2,1H3,(H,25,31)(H,26,28)(H,29,30)/t21-/m0/s1. The van der Waals surface area contributed by atoms with E-state index in [9.17, 15) is 14.4 Å². The summed E-state index contributed by atoms with van der Waals surface area (Å²) in [5, 5.41) is 11.8. The fourth-order valence-corrected chi connectivity index (χ4v) is 3.56. The zero-order valence-corrected chi connectivity index (χ0v) is 17.5. The number of carbonyl (C=O) groups excluding carboxylic acids is 2. The molecule has 2 heterocycles. The molecule has 4 rings (SSSR count). The first kappa shape index (κ1) is 21.2. The Bertz CT molecular complexity index is 1170. The molecule has 8 nitrogen and oxygen atoms in total. The number of para-hydroxylation sites is 2. The second-order valence-corrected chi connectivity index (χ2v) is 7.64. The number of fused-ring (bicyclic) bond motifs is 1. The Morgan fingerprint density at radius 1 is 1.09 bits per heavy atom. The summed E-state index contributed by atoms with van der Waals surface area (Å²) in [4.78, 5) is 36.3. The minimum absolute atomic E-state index is 0.0713. The Hall–Kier alpha value is -4.07. The number of carbonyl (C=O) groups is 3. The highest BCUT2D eigenvalue weighted by Gasteiger charge is 2.30. The van der Waals surface area contributed by atoms with E-state index in [2.05, 4.69) is 10.7 Å². The van der Waals surface area contributed by atoms with Gasteiger partial charge in [-0.05, 0) is 31.2 Å². The van der Waals surface area contributed by atoms with Gasteiger partial charge >= 0.3 is 5.97 Å². The summed E-state index contributed by atoms with van der Waals surface area (Å²) >= 11 is 0. The monoisotopic (exact) mass is 433 g/mol. The molecule has 164 valence electrons. The Morgan fingerprint density at radius 3 is 2.59 bits per heavy atom. The van der Waals surface area contributed by atoms with E-state index in [-0.39, 0.29) is 19.3 Å². The normalized spacial score (nSPS) is 14.8. The van der Waals surface area contributed by atoms with E-state index in [1.165, 1.54) is 0 Å². The van der Waals surface area contributed by atoms with Crippen LogP contribution >= 0.6 is 0 Å². The van der Waals surface area contributed by atoms with E-state index in [1.807, 2.05) is 37.3 Å². The number of aryl methyl sites for hydroxylation is 2. The van der Waals surface area contributed by atoms with Crippen LogP contribution in [0.15, 0.2) is 60.7 Å². The highest BCUT2D eigenvalue weighted by atomic mass is 16.5. The van der Waals surface area contributed by atoms with E-state index in [0.29, 0.717) is 17.1 Å². The number of benzene rings is 2. The van der Waals surface area contributed by atoms with Crippen LogP contribution in [0, 0.1) is 6.92 Å². The number of nitrogens with zero attached hydrogens (tertiary/aromatic N) is 1. The smallest absolute Gasteiger partial charge is 0.303 e. The second kappa shape index (κ2) is 8.97. The Balaban J connectivity index is 1.54. The number of carboxylic acids is 1. The van der Waals surface area contributed by atoms with Gasteiger partial charge in [-0.1, -0.05) is 42.0 Å². The fourth-order valence-electron chi connectivity index (χ4n) is 3.56. The molecule has 8 heteroatoms. The van der Waals surface area contributed by atoms with Gasteiger partial charge in [0.2, 0.25) is 5.91 Å². The predicted molar refractivity (Wildman–Crippen MR) is 119 cm³/mol. The molecule has 32 heavy (non-hydrogen) atoms. The van der Waals surface area contributed by atoms with E-state index in [0.717, 1.165) is 16.8 Å². The highest BCUT2D eigenvalue weighted by molar-refractivity contribution is 6.00. The zero-order chi connectivity index (χ0) is 22.7. The summed E-state index contributed by atoms with van der Waals surface area (Å²) in [5.41, 5.74) is 6.72. The molecule has 0 aliphatic carbocycles. The van der Waals surface area contributed by atoms with E-state index >= 15 is 0 Å². The molecule has 3 N–H and O–H groups in total. The maximum atomic E-state index is 12.9. The lowest BCUT2D eigenvalue weighted by Gasteiger charge is -2.25. The molecule has 0 saturated carbocycles. The van der Waals surface area contributed by atoms with Crippen LogP contribution in [0.4, 0.5) is 5.69 Å². The molecule has 0 radical (unpaired) electrons. The maximum absolute atomic E-state index is 12.9. The van der Waals surface area contributed by atoms with Crippen molar-refractivity contribution in [3.8, 4) is 17.0 Å². The molecule has 1 aromatic heterocycles. The van der Waals surface area contributed by atoms with Gasteiger partial charge in [-0.2, -0.15) is 0 Å². The van der Waals surface area contributed by atoms with Crippen LogP contribution in [-0.4, -0.2) is 33.7 Å². The minimum Gasteiger partial charge on any atom is -0.481 e. The lowest BCUT2D eigenvalue weighted by molar-refractivity contribution is -0.137. The molecule has 0 fully saturated rings. The Morgan fingerprint density at radius 2 is 1.84 bits per heavy atom. The van der Waals surface area contributed by atoms with Crippen LogP contribution < -0.4 is 15.5 Å². The number of nitrogens with one attached hydrogen (secondary N) is 2. The lowest BCUT2D eigenvalue weighted by atomic mass is 10.1. The van der Waals surface area contributed by atoms with E-state index in [1.54, 1.807) is 35.0 Å². The first-order valence-electron chi connectivity index (χ1n) is 10.3. The van der Waals surface area contributed by atoms with Gasteiger partial charge < -0.3 is 15.2 Å². The largest absolute Gasteiger partial charge is 0.481 e. The van der Waals surface area contributed by atoms with Crippen LogP contribution in [0.1, 0.15) is 24.1 Å². The second-order valence-electron chi connectivity index (χ2n) is 7.64. The van der Waals surface area contributed by atoms with Gasteiger partial charge in [-0.25, -0.2) is 0 Å². The number of ether oxygens (including phenoxy) is 1. The van der Waals surface area contributed by atoms with E-state index in [4.69, 9.17) is 9.84 Å². The van der Waals surface area contributed by atoms with Gasteiger partial charge in [-0.3, -0.25) is 24.5 Å². The lowest BCUT2D eigenvalue weighted by Crippen LogP contribution is -2.40. The maximum Gasteiger partial charge on any atom is 0.303 e. The minimum atomic E-state index is -0.967. The van der Waals surface area contributed by atoms with Crippen molar-refractivity contribution < 1.29 is 24.2 Å². The van der Waals surface area contributed by atoms with Crippen LogP contribution in [0.5, 0.6) is 5.75 Å². The van der Waals surface area contributed by atoms with Crippen LogP contribution in [0.2, 0.25) is 0 Å². The number of aliphatic carboxylic acids is 1. The van der Waals surface area contributed by atoms with Gasteiger partial charge in [0.05, 0.1) is 24.2 Å². The summed E-state index contributed by atoms with van der Waals surface area (Å²) in [6, 6.07) is 18.4. The average molecular weight is 433 g/mol. The highest BCUT2D eigenvalue weighted by Crippen LogP contribution is 2.30. The molecule has 0 unspecified atom stereocenters. The number of amides is 2. The van der Waals surface area contributed by atoms with Crippen molar-refractivity contribution >= 4 is 23.5 Å². The van der Waals surface area contributed by atoms with Crippen molar-refractivity contribution in [1.82, 2.24) is 4.68 Å². The quantitative estimate of drug-likeness (QED) is 0.529. The number of hydrogen-bond donors (Lipinski definition) is 3. The molecular formula is C24H23N3O5. The number of rotatable bonds is 7. The number of aromatic nitrogens is 1. The average Bonchev–Trinajstić information content (AvgIpc) is 3.15. The topological polar surface area (TPSA) is 110 Å². The number of hydrogen-bond acceptors (Lipinski definition) is 4. The van der Waals surface area contributed by atoms with Gasteiger partial charge in [0.25, 0.3) is 5.91 Å². The van der Waals surface area contributed by atoms with Crippen molar-refractivity contribution in [2.75, 3.05) is 10.7 Å². The summed E-state index contributed by atoms with van der Waals surface area (Å²) in [6.07, 6.45) is -0.983. The summed E-state index contributed by atoms with van der Waals surface area (Å²) in [6.45, 7) is 1.98. The van der Waals surface area contributed by atoms with Crippen molar-refractivity contribution in [2.45, 2.75) is 32.3 Å². The van der Waals surface area contributed by atoms with Crippen molar-refractivity contribution in [3.63, 3.8) is 0 Å². The molecule has 0 saturated heterocycles. The third kappa shape index (κ3) is 4.64. The first-order valence-corrected chi connectivity index (χ1v) is 10.3. The van der Waals surface area contributed by atoms with Crippen LogP contribution in [0.3, 0.4) is 0 Å². The molecule has 1 atom stereocenters. The molecule has 3 aromatic rings. The van der Waals surface area contributed by atoms with Crippen LogP contribution in [-0.2, 0) is 20.8 Å². The molecular weight excluding hydrogens is 410 g/mol. The van der Waals surface area contributed by atoms with E-state index < -0.39 is 23.9 Å². The van der Waals surface area contributed by atoms with Crippen molar-refractivity contribution in [2.24, 2.45) is 0 Å². The third-order valence-electron chi connectivity index (χ3n) is 5.22. The zero-order valence-electron chi connectivity index (χ0n) is 17.5. The molecule has 1 aliphatic heterocycles. The van der Waals surface area contributed by atoms with Crippen LogP contribution in [0.25, 0.3) is 11.3 Å². The van der Waals surface area contributed by atoms with Gasteiger partial charge in [-0.15, -0.1) is 0 Å². The van der Waals surface area contributed by atoms with Gasteiger partial charge in [0, 0.05) is 17.7 Å².